The normalized spacial score (nSPS) is 26.2. The maximum atomic E-state index is 13.2. The smallest absolute Gasteiger partial charge is 0.269 e. The summed E-state index contributed by atoms with van der Waals surface area (Å²) in [6.07, 6.45) is 2.34. The van der Waals surface area contributed by atoms with Crippen LogP contribution in [0.4, 0.5) is 11.5 Å². The van der Waals surface area contributed by atoms with E-state index in [0.717, 1.165) is 75.1 Å². The highest BCUT2D eigenvalue weighted by atomic mass is 16.2. The molecule has 5 amide bonds. The van der Waals surface area contributed by atoms with Gasteiger partial charge in [-0.2, -0.15) is 0 Å². The number of hydrogen-bond acceptors (Lipinski definition) is 10. The number of nitrogens with zero attached hydrogens (tertiary/aromatic N) is 6. The fourth-order valence-electron chi connectivity index (χ4n) is 7.45. The van der Waals surface area contributed by atoms with Crippen LogP contribution < -0.4 is 20.9 Å². The van der Waals surface area contributed by atoms with Crippen LogP contribution in [0.15, 0.2) is 30.3 Å². The third-order valence-corrected chi connectivity index (χ3v) is 9.71. The number of amides is 5. The minimum atomic E-state index is -0.957. The molecular formula is C30H34N8O5. The molecule has 7 rings (SSSR count). The van der Waals surface area contributed by atoms with Gasteiger partial charge in [-0.25, -0.2) is 0 Å². The van der Waals surface area contributed by atoms with Crippen molar-refractivity contribution in [1.29, 1.82) is 0 Å². The van der Waals surface area contributed by atoms with Crippen molar-refractivity contribution in [3.05, 3.63) is 47.2 Å². The molecule has 3 N–H and O–H groups in total. The molecule has 6 heterocycles. The molecule has 5 aliphatic rings. The monoisotopic (exact) mass is 586 g/mol. The number of likely N-dealkylation sites (tertiary alicyclic amines) is 1. The molecule has 43 heavy (non-hydrogen) atoms. The van der Waals surface area contributed by atoms with Gasteiger partial charge in [-0.3, -0.25) is 34.2 Å². The molecule has 4 saturated heterocycles. The van der Waals surface area contributed by atoms with Gasteiger partial charge in [0.2, 0.25) is 11.8 Å². The zero-order chi connectivity index (χ0) is 29.8. The number of piperidine rings is 2. The van der Waals surface area contributed by atoms with Crippen molar-refractivity contribution < 1.29 is 24.0 Å². The summed E-state index contributed by atoms with van der Waals surface area (Å²) < 4.78 is 0. The van der Waals surface area contributed by atoms with Crippen LogP contribution in [0.5, 0.6) is 0 Å². The van der Waals surface area contributed by atoms with Gasteiger partial charge in [0.1, 0.15) is 6.04 Å². The molecule has 0 aliphatic carbocycles. The zero-order valence-electron chi connectivity index (χ0n) is 23.8. The van der Waals surface area contributed by atoms with Crippen LogP contribution >= 0.6 is 0 Å². The Bertz CT molecular complexity index is 1490. The molecule has 4 fully saturated rings. The van der Waals surface area contributed by atoms with Gasteiger partial charge >= 0.3 is 0 Å². The van der Waals surface area contributed by atoms with Crippen molar-refractivity contribution in [2.75, 3.05) is 55.6 Å². The molecule has 224 valence electrons. The second-order valence-electron chi connectivity index (χ2n) is 12.4. The summed E-state index contributed by atoms with van der Waals surface area (Å²) in [6.45, 7) is 6.83. The minimum absolute atomic E-state index is 0.102. The lowest BCUT2D eigenvalue weighted by Crippen LogP contribution is -2.54. The molecule has 3 atom stereocenters. The van der Waals surface area contributed by atoms with E-state index in [-0.39, 0.29) is 24.4 Å². The number of anilines is 2. The summed E-state index contributed by atoms with van der Waals surface area (Å²) in [5.74, 6) is 0.0514. The molecule has 5 aliphatic heterocycles. The molecule has 3 unspecified atom stereocenters. The Morgan fingerprint density at radius 3 is 2.23 bits per heavy atom. The molecule has 0 spiro atoms. The average molecular weight is 587 g/mol. The summed E-state index contributed by atoms with van der Waals surface area (Å²) in [5, 5.41) is 10.4. The largest absolute Gasteiger partial charge is 0.371 e. The van der Waals surface area contributed by atoms with Crippen LogP contribution in [-0.4, -0.2) is 101 Å². The number of carbonyl (C=O) groups is 5. The number of rotatable bonds is 6. The molecule has 0 saturated carbocycles. The Balaban J connectivity index is 0.913. The van der Waals surface area contributed by atoms with Gasteiger partial charge in [0.05, 0.1) is 11.1 Å². The summed E-state index contributed by atoms with van der Waals surface area (Å²) in [4.78, 5) is 69.5. The second kappa shape index (κ2) is 10.7. The molecule has 1 aromatic heterocycles. The Morgan fingerprint density at radius 2 is 1.58 bits per heavy atom. The second-order valence-corrected chi connectivity index (χ2v) is 12.4. The van der Waals surface area contributed by atoms with E-state index in [1.54, 1.807) is 18.2 Å². The quantitative estimate of drug-likeness (QED) is 0.449. The highest BCUT2D eigenvalue weighted by Crippen LogP contribution is 2.35. The number of imide groups is 2. The Hall–Kier alpha value is -4.39. The summed E-state index contributed by atoms with van der Waals surface area (Å²) in [7, 11) is 0. The lowest BCUT2D eigenvalue weighted by molar-refractivity contribution is -0.136. The fourth-order valence-corrected chi connectivity index (χ4v) is 7.45. The van der Waals surface area contributed by atoms with E-state index in [1.165, 1.54) is 0 Å². The summed E-state index contributed by atoms with van der Waals surface area (Å²) in [6, 6.07) is 7.85. The minimum Gasteiger partial charge on any atom is -0.371 e. The lowest BCUT2D eigenvalue weighted by atomic mass is 9.95. The first-order valence-corrected chi connectivity index (χ1v) is 15.0. The van der Waals surface area contributed by atoms with Crippen molar-refractivity contribution in [1.82, 2.24) is 25.3 Å². The molecule has 0 radical (unpaired) electrons. The lowest BCUT2D eigenvalue weighted by Gasteiger charge is -2.35. The van der Waals surface area contributed by atoms with Crippen LogP contribution in [0.1, 0.15) is 56.9 Å². The maximum absolute atomic E-state index is 13.2. The van der Waals surface area contributed by atoms with E-state index in [2.05, 4.69) is 30.2 Å². The van der Waals surface area contributed by atoms with Crippen molar-refractivity contribution in [2.24, 2.45) is 23.5 Å². The molecule has 0 bridgehead atoms. The van der Waals surface area contributed by atoms with E-state index in [9.17, 15) is 24.0 Å². The summed E-state index contributed by atoms with van der Waals surface area (Å²) in [5.41, 5.74) is 6.99. The van der Waals surface area contributed by atoms with Gasteiger partial charge in [-0.1, -0.05) is 0 Å². The van der Waals surface area contributed by atoms with Crippen LogP contribution in [0.2, 0.25) is 0 Å². The Kier molecular flexibility index (Phi) is 6.83. The third kappa shape index (κ3) is 5.01. The van der Waals surface area contributed by atoms with Gasteiger partial charge in [0, 0.05) is 57.9 Å². The number of hydrogen-bond donors (Lipinski definition) is 2. The predicted octanol–water partition coefficient (Wildman–Crippen LogP) is 0.261. The number of nitrogens with two attached hydrogens (primary N) is 1. The van der Waals surface area contributed by atoms with E-state index >= 15 is 0 Å². The molecule has 1 aromatic carbocycles. The van der Waals surface area contributed by atoms with E-state index < -0.39 is 29.7 Å². The highest BCUT2D eigenvalue weighted by molar-refractivity contribution is 6.23. The maximum Gasteiger partial charge on any atom is 0.269 e. The first-order chi connectivity index (χ1) is 20.7. The molecular weight excluding hydrogens is 552 g/mol. The van der Waals surface area contributed by atoms with E-state index in [1.807, 2.05) is 12.1 Å². The van der Waals surface area contributed by atoms with Crippen LogP contribution in [0.25, 0.3) is 0 Å². The number of primary amides is 1. The standard InChI is InChI=1S/C30H34N8O5/c31-27(40)23-3-5-25(34-33-23)37-15-18-13-35(14-19(18)16-37)12-17-7-9-36(10-8-17)20-1-2-21-22(11-20)30(43)38(29(21)42)24-4-6-26(39)32-28(24)41/h1-3,5,11,17-19,24H,4,6-10,12-16H2,(H2,31,40)(H,32,39,41). The van der Waals surface area contributed by atoms with Gasteiger partial charge in [0.25, 0.3) is 17.7 Å². The highest BCUT2D eigenvalue weighted by Gasteiger charge is 2.45. The van der Waals surface area contributed by atoms with Crippen LogP contribution in [0, 0.1) is 17.8 Å². The first-order valence-electron chi connectivity index (χ1n) is 15.0. The summed E-state index contributed by atoms with van der Waals surface area (Å²) >= 11 is 0. The number of fused-ring (bicyclic) bond motifs is 2. The number of carbonyl (C=O) groups excluding carboxylic acids is 5. The number of nitrogens with one attached hydrogen (secondary N) is 1. The van der Waals surface area contributed by atoms with Crippen molar-refractivity contribution >= 4 is 41.0 Å². The predicted molar refractivity (Wildman–Crippen MR) is 154 cm³/mol. The Labute approximate surface area is 248 Å². The van der Waals surface area contributed by atoms with E-state index in [0.29, 0.717) is 28.9 Å². The van der Waals surface area contributed by atoms with Crippen molar-refractivity contribution in [3.63, 3.8) is 0 Å². The molecule has 13 heteroatoms. The van der Waals surface area contributed by atoms with E-state index in [4.69, 9.17) is 5.73 Å². The van der Waals surface area contributed by atoms with Crippen molar-refractivity contribution in [2.45, 2.75) is 31.7 Å². The Morgan fingerprint density at radius 1 is 0.860 bits per heavy atom. The van der Waals surface area contributed by atoms with Crippen molar-refractivity contribution in [3.8, 4) is 0 Å². The SMILES string of the molecule is NC(=O)c1ccc(N2CC3CN(CC4CCN(c5ccc6c(c5)C(=O)N(C5CCC(=O)NC5=O)C6=O)CC4)CC3C2)nn1. The number of benzene rings is 1. The van der Waals surface area contributed by atoms with Crippen LogP contribution in [0.3, 0.4) is 0 Å². The topological polar surface area (TPSA) is 162 Å². The molecule has 2 aromatic rings. The average Bonchev–Trinajstić information content (AvgIpc) is 3.64. The van der Waals surface area contributed by atoms with Gasteiger partial charge in [-0.15, -0.1) is 10.2 Å². The zero-order valence-corrected chi connectivity index (χ0v) is 23.8. The van der Waals surface area contributed by atoms with Gasteiger partial charge < -0.3 is 20.4 Å². The third-order valence-electron chi connectivity index (χ3n) is 9.71. The number of aromatic nitrogens is 2. The fraction of sp³-hybridized carbons (Fsp3) is 0.500. The van der Waals surface area contributed by atoms with Gasteiger partial charge in [-0.05, 0) is 67.3 Å². The first kappa shape index (κ1) is 27.4. The van der Waals surface area contributed by atoms with Gasteiger partial charge in [0.15, 0.2) is 11.5 Å². The molecule has 13 nitrogen and oxygen atoms in total. The van der Waals surface area contributed by atoms with Crippen LogP contribution in [-0.2, 0) is 9.59 Å².